The molecule has 206 valence electrons. The van der Waals surface area contributed by atoms with Crippen molar-refractivity contribution in [3.63, 3.8) is 0 Å². The Hall–Kier alpha value is -5.45. The Morgan fingerprint density at radius 2 is 1.27 bits per heavy atom. The number of benzene rings is 6. The molecular weight excluding hydrogens is 530 g/mol. The summed E-state index contributed by atoms with van der Waals surface area (Å²) in [5.74, 6) is 0.251. The van der Waals surface area contributed by atoms with Gasteiger partial charge in [0, 0.05) is 5.92 Å². The van der Waals surface area contributed by atoms with E-state index in [1.165, 1.54) is 83.1 Å². The van der Waals surface area contributed by atoms with Crippen LogP contribution in [0.3, 0.4) is 0 Å². The zero-order valence-electron chi connectivity index (χ0n) is 24.3. The maximum absolute atomic E-state index is 9.45. The normalized spacial score (nSPS) is 17.2. The second kappa shape index (κ2) is 9.80. The molecule has 1 heteroatoms. The fraction of sp³-hybridized carbons (Fsp3) is 0.0930. The molecule has 0 bridgehead atoms. The minimum Gasteiger partial charge on any atom is -0.198 e. The minimum atomic E-state index is -0.0372. The van der Waals surface area contributed by atoms with Crippen LogP contribution in [-0.2, 0) is 6.42 Å². The Morgan fingerprint density at radius 3 is 2.02 bits per heavy atom. The molecule has 1 nitrogen and oxygen atoms in total. The van der Waals surface area contributed by atoms with Crippen LogP contribution in [-0.4, -0.2) is 0 Å². The first-order chi connectivity index (χ1) is 21.8. The molecule has 0 amide bonds. The van der Waals surface area contributed by atoms with Gasteiger partial charge in [-0.15, -0.1) is 0 Å². The standard InChI is InChI=1S/C43H29N/c44-26-27-18-19-31-25-32(21-20-30(31)24-27)33-22-23-38-41-34(33)16-9-17-37(41)42-39(28-10-3-1-4-11-28)35-14-7-8-15-36(35)40(43(38)42)29-12-5-2-6-13-29/h1-16,18-23,25,27,37H,17,24H2. The fourth-order valence-corrected chi connectivity index (χ4v) is 7.99. The molecule has 3 aliphatic carbocycles. The van der Waals surface area contributed by atoms with Crippen molar-refractivity contribution in [3.05, 3.63) is 155 Å². The van der Waals surface area contributed by atoms with Gasteiger partial charge in [-0.2, -0.15) is 5.26 Å². The van der Waals surface area contributed by atoms with Crippen molar-refractivity contribution in [3.8, 4) is 50.6 Å². The van der Waals surface area contributed by atoms with Gasteiger partial charge in [0.15, 0.2) is 0 Å². The number of allylic oxidation sites excluding steroid dienone is 2. The highest BCUT2D eigenvalue weighted by Crippen LogP contribution is 2.59. The third-order valence-electron chi connectivity index (χ3n) is 9.86. The zero-order chi connectivity index (χ0) is 29.2. The maximum Gasteiger partial charge on any atom is 0.0701 e. The van der Waals surface area contributed by atoms with E-state index in [4.69, 9.17) is 0 Å². The van der Waals surface area contributed by atoms with Crippen LogP contribution in [0.2, 0.25) is 0 Å². The molecular formula is C43H29N. The predicted molar refractivity (Wildman–Crippen MR) is 183 cm³/mol. The van der Waals surface area contributed by atoms with Gasteiger partial charge >= 0.3 is 0 Å². The summed E-state index contributed by atoms with van der Waals surface area (Å²) in [5, 5.41) is 12.1. The van der Waals surface area contributed by atoms with Crippen molar-refractivity contribution in [2.24, 2.45) is 5.92 Å². The minimum absolute atomic E-state index is 0.0372. The van der Waals surface area contributed by atoms with Crippen LogP contribution in [0.5, 0.6) is 0 Å². The van der Waals surface area contributed by atoms with Gasteiger partial charge in [0.25, 0.3) is 0 Å². The lowest BCUT2D eigenvalue weighted by atomic mass is 9.79. The van der Waals surface area contributed by atoms with Crippen molar-refractivity contribution in [2.75, 3.05) is 0 Å². The van der Waals surface area contributed by atoms with Gasteiger partial charge in [0.1, 0.15) is 0 Å². The number of hydrogen-bond acceptors (Lipinski definition) is 1. The monoisotopic (exact) mass is 559 g/mol. The van der Waals surface area contributed by atoms with Crippen LogP contribution in [0, 0.1) is 17.2 Å². The molecule has 0 N–H and O–H groups in total. The largest absolute Gasteiger partial charge is 0.198 e. The van der Waals surface area contributed by atoms with E-state index in [1.807, 2.05) is 6.08 Å². The highest BCUT2D eigenvalue weighted by atomic mass is 14.4. The second-order valence-corrected chi connectivity index (χ2v) is 12.2. The first kappa shape index (κ1) is 25.1. The van der Waals surface area contributed by atoms with E-state index < -0.39 is 0 Å². The Kier molecular flexibility index (Phi) is 5.59. The van der Waals surface area contributed by atoms with Gasteiger partial charge in [-0.05, 0) is 102 Å². The summed E-state index contributed by atoms with van der Waals surface area (Å²) < 4.78 is 0. The van der Waals surface area contributed by atoms with Crippen molar-refractivity contribution < 1.29 is 0 Å². The summed E-state index contributed by atoms with van der Waals surface area (Å²) in [6.07, 6.45) is 10.7. The van der Waals surface area contributed by atoms with Crippen LogP contribution in [0.1, 0.15) is 40.2 Å². The Bertz CT molecular complexity index is 2230. The van der Waals surface area contributed by atoms with Crippen molar-refractivity contribution in [1.29, 1.82) is 5.26 Å². The van der Waals surface area contributed by atoms with Gasteiger partial charge in [0.05, 0.1) is 12.0 Å². The van der Waals surface area contributed by atoms with E-state index in [9.17, 15) is 5.26 Å². The van der Waals surface area contributed by atoms with E-state index in [-0.39, 0.29) is 11.8 Å². The number of nitriles is 1. The number of nitrogens with zero attached hydrogens (tertiary/aromatic N) is 1. The Morgan fingerprint density at radius 1 is 0.591 bits per heavy atom. The molecule has 9 rings (SSSR count). The molecule has 0 fully saturated rings. The highest BCUT2D eigenvalue weighted by molar-refractivity contribution is 6.15. The predicted octanol–water partition coefficient (Wildman–Crippen LogP) is 11.1. The first-order valence-electron chi connectivity index (χ1n) is 15.5. The van der Waals surface area contributed by atoms with E-state index in [2.05, 4.69) is 140 Å². The fourth-order valence-electron chi connectivity index (χ4n) is 7.99. The van der Waals surface area contributed by atoms with Crippen LogP contribution < -0.4 is 0 Å². The van der Waals surface area contributed by atoms with E-state index in [0.717, 1.165) is 12.8 Å². The third-order valence-corrected chi connectivity index (χ3v) is 9.86. The molecule has 0 aromatic heterocycles. The Labute approximate surface area is 258 Å². The van der Waals surface area contributed by atoms with Gasteiger partial charge in [-0.25, -0.2) is 0 Å². The average Bonchev–Trinajstić information content (AvgIpc) is 3.42. The molecule has 0 radical (unpaired) electrons. The summed E-state index contributed by atoms with van der Waals surface area (Å²) in [7, 11) is 0. The molecule has 0 heterocycles. The second-order valence-electron chi connectivity index (χ2n) is 12.2. The van der Waals surface area contributed by atoms with Crippen molar-refractivity contribution in [1.82, 2.24) is 0 Å². The topological polar surface area (TPSA) is 23.8 Å². The number of fused-ring (bicyclic) bond motifs is 5. The van der Waals surface area contributed by atoms with Gasteiger partial charge in [-0.1, -0.05) is 133 Å². The zero-order valence-corrected chi connectivity index (χ0v) is 24.3. The third kappa shape index (κ3) is 3.65. The van der Waals surface area contributed by atoms with Crippen LogP contribution in [0.15, 0.2) is 127 Å². The average molecular weight is 560 g/mol. The lowest BCUT2D eigenvalue weighted by molar-refractivity contribution is 0.811. The lowest BCUT2D eigenvalue weighted by Crippen LogP contribution is -2.06. The molecule has 6 aromatic rings. The number of hydrogen-bond donors (Lipinski definition) is 0. The van der Waals surface area contributed by atoms with E-state index >= 15 is 0 Å². The van der Waals surface area contributed by atoms with Crippen LogP contribution in [0.25, 0.3) is 67.4 Å². The first-order valence-corrected chi connectivity index (χ1v) is 15.5. The van der Waals surface area contributed by atoms with Gasteiger partial charge in [-0.3, -0.25) is 0 Å². The van der Waals surface area contributed by atoms with Crippen LogP contribution >= 0.6 is 0 Å². The quantitative estimate of drug-likeness (QED) is 0.212. The SMILES string of the molecule is N#CC1C=Cc2cc(-c3ccc4c5c3C=CCC5c3c-4c(-c4ccccc4)c4ccccc4c3-c3ccccc3)ccc2C1. The van der Waals surface area contributed by atoms with Crippen LogP contribution in [0.4, 0.5) is 0 Å². The summed E-state index contributed by atoms with van der Waals surface area (Å²) in [6.45, 7) is 0. The summed E-state index contributed by atoms with van der Waals surface area (Å²) in [5.41, 5.74) is 17.3. The molecule has 0 saturated carbocycles. The molecule has 2 unspecified atom stereocenters. The molecule has 0 spiro atoms. The summed E-state index contributed by atoms with van der Waals surface area (Å²) in [6, 6.07) is 44.9. The Balaban J connectivity index is 1.34. The number of rotatable bonds is 3. The smallest absolute Gasteiger partial charge is 0.0701 e. The highest BCUT2D eigenvalue weighted by Gasteiger charge is 2.38. The molecule has 0 aliphatic heterocycles. The van der Waals surface area contributed by atoms with E-state index in [0.29, 0.717) is 0 Å². The van der Waals surface area contributed by atoms with Gasteiger partial charge in [0.2, 0.25) is 0 Å². The van der Waals surface area contributed by atoms with E-state index in [1.54, 1.807) is 0 Å². The van der Waals surface area contributed by atoms with Crippen molar-refractivity contribution >= 4 is 22.9 Å². The van der Waals surface area contributed by atoms with Crippen molar-refractivity contribution in [2.45, 2.75) is 18.8 Å². The molecule has 0 saturated heterocycles. The maximum atomic E-state index is 9.45. The summed E-state index contributed by atoms with van der Waals surface area (Å²) >= 11 is 0. The molecule has 44 heavy (non-hydrogen) atoms. The lowest BCUT2D eigenvalue weighted by Gasteiger charge is -2.24. The molecule has 2 atom stereocenters. The van der Waals surface area contributed by atoms with Gasteiger partial charge < -0.3 is 0 Å². The summed E-state index contributed by atoms with van der Waals surface area (Å²) in [4.78, 5) is 0. The molecule has 6 aromatic carbocycles. The molecule has 3 aliphatic rings.